The molecular weight excluding hydrogens is 534 g/mol. The van der Waals surface area contributed by atoms with Crippen molar-refractivity contribution in [3.63, 3.8) is 0 Å². The van der Waals surface area contributed by atoms with Gasteiger partial charge >= 0.3 is 0 Å². The van der Waals surface area contributed by atoms with Crippen molar-refractivity contribution in [1.29, 1.82) is 0 Å². The largest absolute Gasteiger partial charge is 0.508 e. The van der Waals surface area contributed by atoms with Crippen molar-refractivity contribution in [2.24, 2.45) is 17.6 Å². The fraction of sp³-hybridized carbons (Fsp3) is 0.500. The van der Waals surface area contributed by atoms with Gasteiger partial charge in [0.05, 0.1) is 23.3 Å². The number of primary amides is 1. The van der Waals surface area contributed by atoms with Crippen molar-refractivity contribution in [2.45, 2.75) is 43.4 Å². The molecule has 41 heavy (non-hydrogen) atoms. The zero-order chi connectivity index (χ0) is 30.1. The van der Waals surface area contributed by atoms with Gasteiger partial charge in [-0.3, -0.25) is 24.1 Å². The second-order valence-electron chi connectivity index (χ2n) is 11.6. The maximum atomic E-state index is 14.0. The van der Waals surface area contributed by atoms with Crippen molar-refractivity contribution in [1.82, 2.24) is 10.2 Å². The zero-order valence-corrected chi connectivity index (χ0v) is 23.3. The number of Topliss-reactive ketones (excluding diaryl/α,β-unsaturated/α-hetero) is 2. The van der Waals surface area contributed by atoms with E-state index in [4.69, 9.17) is 5.73 Å². The summed E-state index contributed by atoms with van der Waals surface area (Å²) in [6.07, 6.45) is 1.60. The molecule has 3 aliphatic carbocycles. The molecule has 8 N–H and O–H groups in total. The van der Waals surface area contributed by atoms with Crippen LogP contribution in [0.25, 0.3) is 5.76 Å². The molecule has 0 spiro atoms. The third-order valence-corrected chi connectivity index (χ3v) is 8.81. The van der Waals surface area contributed by atoms with Crippen LogP contribution in [0.2, 0.25) is 0 Å². The van der Waals surface area contributed by atoms with Crippen LogP contribution in [0.5, 0.6) is 5.75 Å². The Labute approximate surface area is 236 Å². The summed E-state index contributed by atoms with van der Waals surface area (Å²) in [5.41, 5.74) is 2.57. The molecule has 4 aliphatic rings. The lowest BCUT2D eigenvalue weighted by Crippen LogP contribution is -2.65. The maximum Gasteiger partial charge on any atom is 0.255 e. The number of phenols is 1. The molecule has 5 rings (SSSR count). The van der Waals surface area contributed by atoms with Gasteiger partial charge in [-0.25, -0.2) is 0 Å². The number of fused-ring (bicyclic) bond motifs is 3. The van der Waals surface area contributed by atoms with Gasteiger partial charge in [0.25, 0.3) is 5.91 Å². The van der Waals surface area contributed by atoms with Crippen molar-refractivity contribution >= 4 is 40.5 Å². The van der Waals surface area contributed by atoms with E-state index in [-0.39, 0.29) is 35.6 Å². The summed E-state index contributed by atoms with van der Waals surface area (Å²) in [4.78, 5) is 55.5. The van der Waals surface area contributed by atoms with E-state index in [2.05, 4.69) is 10.6 Å². The number of carbonyl (C=O) groups is 4. The predicted molar refractivity (Wildman–Crippen MR) is 148 cm³/mol. The normalized spacial score (nSPS) is 29.3. The molecular formula is C28H35N5O8. The molecule has 13 nitrogen and oxygen atoms in total. The zero-order valence-electron chi connectivity index (χ0n) is 23.3. The summed E-state index contributed by atoms with van der Waals surface area (Å²) in [6, 6.07) is 0.000261. The number of benzene rings is 1. The molecule has 1 heterocycles. The lowest BCUT2D eigenvalue weighted by molar-refractivity contribution is -0.153. The number of aliphatic hydroxyl groups excluding tert-OH is 2. The number of nitrogens with one attached hydrogen (secondary N) is 2. The monoisotopic (exact) mass is 569 g/mol. The van der Waals surface area contributed by atoms with E-state index in [1.165, 1.54) is 4.90 Å². The first-order valence-corrected chi connectivity index (χ1v) is 13.5. The average molecular weight is 570 g/mol. The third kappa shape index (κ3) is 4.10. The molecule has 13 heteroatoms. The quantitative estimate of drug-likeness (QED) is 0.181. The highest BCUT2D eigenvalue weighted by atomic mass is 16.3. The van der Waals surface area contributed by atoms with Crippen molar-refractivity contribution in [3.05, 3.63) is 34.1 Å². The van der Waals surface area contributed by atoms with Crippen LogP contribution in [0.4, 0.5) is 11.4 Å². The Morgan fingerprint density at radius 1 is 1.15 bits per heavy atom. The Bertz CT molecular complexity index is 1440. The van der Waals surface area contributed by atoms with Gasteiger partial charge in [0.1, 0.15) is 22.8 Å². The molecule has 1 saturated carbocycles. The van der Waals surface area contributed by atoms with Crippen LogP contribution in [0.3, 0.4) is 0 Å². The van der Waals surface area contributed by atoms with E-state index in [0.29, 0.717) is 24.2 Å². The first-order valence-electron chi connectivity index (χ1n) is 13.5. The molecule has 5 atom stereocenters. The smallest absolute Gasteiger partial charge is 0.255 e. The van der Waals surface area contributed by atoms with E-state index < -0.39 is 69.8 Å². The topological polar surface area (TPSA) is 206 Å². The van der Waals surface area contributed by atoms with Crippen LogP contribution in [0, 0.1) is 11.8 Å². The number of hydrogen-bond donors (Lipinski definition) is 7. The summed E-state index contributed by atoms with van der Waals surface area (Å²) in [5.74, 6) is -7.61. The molecule has 0 aromatic heterocycles. The Kier molecular flexibility index (Phi) is 6.87. The number of rotatable bonds is 5. The summed E-state index contributed by atoms with van der Waals surface area (Å²) in [6.45, 7) is 0.691. The minimum atomic E-state index is -2.72. The van der Waals surface area contributed by atoms with E-state index in [0.717, 1.165) is 6.42 Å². The van der Waals surface area contributed by atoms with Crippen molar-refractivity contribution in [3.8, 4) is 5.75 Å². The molecule has 2 fully saturated rings. The fourth-order valence-electron chi connectivity index (χ4n) is 6.91. The maximum absolute atomic E-state index is 14.0. The van der Waals surface area contributed by atoms with E-state index in [9.17, 15) is 39.6 Å². The first-order chi connectivity index (χ1) is 19.2. The number of aromatic hydroxyl groups is 1. The SMILES string of the molecule is CN(C)c1cc(NC(=O)C2CCCN2)c(O)c2c1C[C@H]1C[C@H]3[C@H](N(C)C)C(=O)C(C(N)=O)=C(O)[C@@]3(O)C(=O)C1=C2O. The van der Waals surface area contributed by atoms with Gasteiger partial charge in [-0.2, -0.15) is 0 Å². The highest BCUT2D eigenvalue weighted by molar-refractivity contribution is 6.24. The predicted octanol–water partition coefficient (Wildman–Crippen LogP) is -0.279. The van der Waals surface area contributed by atoms with Gasteiger partial charge in [0.2, 0.25) is 11.7 Å². The molecule has 1 aromatic rings. The van der Waals surface area contributed by atoms with Crippen LogP contribution in [0.15, 0.2) is 23.0 Å². The summed E-state index contributed by atoms with van der Waals surface area (Å²) < 4.78 is 0. The Morgan fingerprint density at radius 3 is 2.39 bits per heavy atom. The van der Waals surface area contributed by atoms with Crippen LogP contribution >= 0.6 is 0 Å². The molecule has 1 aromatic carbocycles. The van der Waals surface area contributed by atoms with Gasteiger partial charge in [-0.05, 0) is 63.9 Å². The Balaban J connectivity index is 1.68. The second-order valence-corrected chi connectivity index (χ2v) is 11.6. The number of hydrogen-bond acceptors (Lipinski definition) is 11. The Morgan fingerprint density at radius 2 is 1.83 bits per heavy atom. The number of anilines is 2. The summed E-state index contributed by atoms with van der Waals surface area (Å²) in [5, 5.41) is 51.4. The van der Waals surface area contributed by atoms with Gasteiger partial charge in [-0.1, -0.05) is 0 Å². The minimum absolute atomic E-state index is 0.00870. The van der Waals surface area contributed by atoms with Gasteiger partial charge < -0.3 is 41.7 Å². The number of nitrogens with zero attached hydrogens (tertiary/aromatic N) is 2. The number of phenolic OH excluding ortho intramolecular Hbond substituents is 1. The van der Waals surface area contributed by atoms with Crippen LogP contribution < -0.4 is 21.3 Å². The van der Waals surface area contributed by atoms with E-state index in [1.54, 1.807) is 39.2 Å². The molecule has 0 bridgehead atoms. The molecule has 1 saturated heterocycles. The number of aliphatic hydroxyl groups is 3. The summed E-state index contributed by atoms with van der Waals surface area (Å²) >= 11 is 0. The highest BCUT2D eigenvalue weighted by Crippen LogP contribution is 2.54. The van der Waals surface area contributed by atoms with E-state index >= 15 is 0 Å². The molecule has 2 amide bonds. The van der Waals surface area contributed by atoms with Crippen molar-refractivity contribution in [2.75, 3.05) is 45.0 Å². The Hall–Kier alpha value is -3.94. The lowest BCUT2D eigenvalue weighted by atomic mass is 9.57. The number of nitrogens with two attached hydrogens (primary N) is 1. The van der Waals surface area contributed by atoms with E-state index in [1.807, 2.05) is 0 Å². The van der Waals surface area contributed by atoms with Gasteiger partial charge in [0, 0.05) is 31.3 Å². The van der Waals surface area contributed by atoms with Crippen LogP contribution in [0.1, 0.15) is 30.4 Å². The number of ketones is 2. The number of amides is 2. The summed E-state index contributed by atoms with van der Waals surface area (Å²) in [7, 11) is 6.61. The van der Waals surface area contributed by atoms with Crippen molar-refractivity contribution < 1.29 is 39.6 Å². The standard InChI is InChI=1S/C28H35N5O8/c1-32(2)16-10-15(31-27(40)14-6-5-7-30-14)21(34)18-12(16)8-11-9-13-20(33(3)4)23(36)19(26(29)39)25(38)28(13,41)24(37)17(11)22(18)35/h10-11,13-14,20,30,34-35,38,41H,5-9H2,1-4H3,(H2,29,39)(H,31,40)/t11-,13-,14?,20-,28-/m0/s1. The van der Waals surface area contributed by atoms with Crippen LogP contribution in [-0.2, 0) is 25.6 Å². The number of carbonyl (C=O) groups excluding carboxylic acids is 4. The third-order valence-electron chi connectivity index (χ3n) is 8.81. The average Bonchev–Trinajstić information content (AvgIpc) is 3.42. The van der Waals surface area contributed by atoms with Gasteiger partial charge in [0.15, 0.2) is 11.4 Å². The lowest BCUT2D eigenvalue weighted by Gasteiger charge is -2.50. The fourth-order valence-corrected chi connectivity index (χ4v) is 6.91. The van der Waals surface area contributed by atoms with Crippen LogP contribution in [-0.4, -0.2) is 101 Å². The molecule has 220 valence electrons. The first kappa shape index (κ1) is 28.6. The number of likely N-dealkylation sites (N-methyl/N-ethyl adjacent to an activating group) is 1. The molecule has 1 unspecified atom stereocenters. The van der Waals surface area contributed by atoms with Gasteiger partial charge in [-0.15, -0.1) is 0 Å². The minimum Gasteiger partial charge on any atom is -0.508 e. The molecule has 1 aliphatic heterocycles. The second kappa shape index (κ2) is 9.86. The highest BCUT2D eigenvalue weighted by Gasteiger charge is 2.64. The molecule has 0 radical (unpaired) electrons.